The fraction of sp³-hybridized carbons (Fsp3) is 0.250. The van der Waals surface area contributed by atoms with E-state index in [9.17, 15) is 13.5 Å². The Labute approximate surface area is 135 Å². The van der Waals surface area contributed by atoms with Crippen LogP contribution in [0, 0.1) is 0 Å². The lowest BCUT2D eigenvalue weighted by molar-refractivity contribution is 0.177. The Balaban J connectivity index is 2.54. The first-order valence-electron chi connectivity index (χ1n) is 7.13. The summed E-state index contributed by atoms with van der Waals surface area (Å²) in [6, 6.07) is 1.56. The Morgan fingerprint density at radius 1 is 1.48 bits per heavy atom. The van der Waals surface area contributed by atoms with Gasteiger partial charge in [-0.05, 0) is 32.4 Å². The van der Waals surface area contributed by atoms with Gasteiger partial charge in [0.05, 0.1) is 16.8 Å². The van der Waals surface area contributed by atoms with Crippen molar-refractivity contribution in [3.8, 4) is 0 Å². The molecule has 2 aromatic heterocycles. The van der Waals surface area contributed by atoms with Gasteiger partial charge in [-0.15, -0.1) is 6.58 Å². The Bertz CT molecular complexity index is 879. The Kier molecular flexibility index (Phi) is 5.12. The molecule has 0 spiro atoms. The molecule has 0 aliphatic heterocycles. The van der Waals surface area contributed by atoms with E-state index in [1.165, 1.54) is 24.5 Å². The smallest absolute Gasteiger partial charge is 0.269 e. The van der Waals surface area contributed by atoms with Crippen molar-refractivity contribution in [1.82, 2.24) is 13.9 Å². The number of allylic oxidation sites excluding steroid dienone is 3. The molecule has 0 saturated heterocycles. The summed E-state index contributed by atoms with van der Waals surface area (Å²) in [7, 11) is -3.73. The predicted molar refractivity (Wildman–Crippen MR) is 90.2 cm³/mol. The molecule has 2 heterocycles. The van der Waals surface area contributed by atoms with Crippen molar-refractivity contribution in [2.45, 2.75) is 26.4 Å². The summed E-state index contributed by atoms with van der Waals surface area (Å²) < 4.78 is 26.4. The van der Waals surface area contributed by atoms with Gasteiger partial charge in [0.2, 0.25) is 0 Å². The van der Waals surface area contributed by atoms with Crippen molar-refractivity contribution in [3.63, 3.8) is 0 Å². The van der Waals surface area contributed by atoms with Crippen molar-refractivity contribution in [1.29, 1.82) is 0 Å². The highest BCUT2D eigenvalue weighted by atomic mass is 32.2. The van der Waals surface area contributed by atoms with E-state index in [0.29, 0.717) is 17.6 Å². The van der Waals surface area contributed by atoms with E-state index >= 15 is 0 Å². The van der Waals surface area contributed by atoms with Crippen LogP contribution in [0.15, 0.2) is 54.2 Å². The van der Waals surface area contributed by atoms with Gasteiger partial charge in [-0.2, -0.15) is 0 Å². The molecule has 0 aliphatic rings. The van der Waals surface area contributed by atoms with Gasteiger partial charge in [0.1, 0.15) is 11.6 Å². The van der Waals surface area contributed by atoms with Gasteiger partial charge < -0.3 is 5.11 Å². The first-order chi connectivity index (χ1) is 11.0. The molecule has 1 N–H and O–H groups in total. The number of hydrogen-bond acceptors (Lipinski definition) is 5. The molecular formula is C16H19N3O3S. The highest BCUT2D eigenvalue weighted by Gasteiger charge is 2.21. The van der Waals surface area contributed by atoms with Gasteiger partial charge in [-0.1, -0.05) is 18.2 Å². The molecule has 1 unspecified atom stereocenters. The van der Waals surface area contributed by atoms with Gasteiger partial charge in [-0.25, -0.2) is 22.4 Å². The van der Waals surface area contributed by atoms with Gasteiger partial charge in [0, 0.05) is 6.20 Å². The van der Waals surface area contributed by atoms with Crippen LogP contribution in [0.5, 0.6) is 0 Å². The molecule has 2 rings (SSSR count). The molecule has 0 saturated carbocycles. The van der Waals surface area contributed by atoms with E-state index in [1.807, 2.05) is 0 Å². The van der Waals surface area contributed by atoms with Gasteiger partial charge in [0.25, 0.3) is 10.0 Å². The van der Waals surface area contributed by atoms with Crippen molar-refractivity contribution in [3.05, 3.63) is 59.9 Å². The molecule has 6 nitrogen and oxygen atoms in total. The lowest BCUT2D eigenvalue weighted by atomic mass is 10.2. The summed E-state index contributed by atoms with van der Waals surface area (Å²) in [5.74, 6) is 0. The molecule has 23 heavy (non-hydrogen) atoms. The molecule has 0 bridgehead atoms. The fourth-order valence-electron chi connectivity index (χ4n) is 2.14. The normalized spacial score (nSPS) is 14.5. The van der Waals surface area contributed by atoms with Crippen LogP contribution < -0.4 is 0 Å². The third-order valence-electron chi connectivity index (χ3n) is 3.28. The lowest BCUT2D eigenvalue weighted by Crippen LogP contribution is -2.14. The van der Waals surface area contributed by atoms with Crippen molar-refractivity contribution >= 4 is 21.2 Å². The van der Waals surface area contributed by atoms with Crippen molar-refractivity contribution < 1.29 is 13.5 Å². The number of rotatable bonds is 6. The van der Waals surface area contributed by atoms with E-state index in [2.05, 4.69) is 16.5 Å². The van der Waals surface area contributed by atoms with Crippen molar-refractivity contribution in [2.24, 2.45) is 0 Å². The zero-order valence-corrected chi connectivity index (χ0v) is 13.9. The van der Waals surface area contributed by atoms with Crippen LogP contribution in [0.25, 0.3) is 11.2 Å². The molecule has 1 atom stereocenters. The van der Waals surface area contributed by atoms with Crippen LogP contribution in [0.2, 0.25) is 0 Å². The first-order valence-corrected chi connectivity index (χ1v) is 8.57. The first kappa shape index (κ1) is 17.1. The average Bonchev–Trinajstić information content (AvgIpc) is 2.96. The van der Waals surface area contributed by atoms with Gasteiger partial charge in [0.15, 0.2) is 5.65 Å². The zero-order valence-electron chi connectivity index (χ0n) is 13.0. The highest BCUT2D eigenvalue weighted by Crippen LogP contribution is 2.22. The Morgan fingerprint density at radius 2 is 2.22 bits per heavy atom. The Hall–Kier alpha value is -2.25. The molecule has 0 aliphatic carbocycles. The third kappa shape index (κ3) is 3.25. The zero-order chi connectivity index (χ0) is 17.0. The largest absolute Gasteiger partial charge is 0.386 e. The monoisotopic (exact) mass is 333 g/mol. The van der Waals surface area contributed by atoms with Crippen LogP contribution in [0.3, 0.4) is 0 Å². The molecule has 122 valence electrons. The van der Waals surface area contributed by atoms with E-state index in [-0.39, 0.29) is 10.6 Å². The summed E-state index contributed by atoms with van der Waals surface area (Å²) >= 11 is 0. The number of fused-ring (bicyclic) bond motifs is 1. The molecular weight excluding hydrogens is 314 g/mol. The third-order valence-corrected chi connectivity index (χ3v) is 5.06. The summed E-state index contributed by atoms with van der Waals surface area (Å²) in [6.45, 7) is 6.98. The summed E-state index contributed by atoms with van der Waals surface area (Å²) in [6.07, 6.45) is 8.63. The van der Waals surface area contributed by atoms with Gasteiger partial charge >= 0.3 is 0 Å². The maximum Gasteiger partial charge on any atom is 0.269 e. The summed E-state index contributed by atoms with van der Waals surface area (Å²) in [5, 5.41) is 9.93. The van der Waals surface area contributed by atoms with E-state index < -0.39 is 16.1 Å². The number of aliphatic hydroxyl groups is 1. The molecule has 2 aromatic rings. The standard InChI is InChI=1S/C16H19N3O3S/c1-4-7-12(6-3)23(21,22)19-10-9-13-16(19)17-11-14(18-13)15(20)8-5-2/h4-7,9-11,15,20H,2,8H2,1,3H3. The van der Waals surface area contributed by atoms with Crippen molar-refractivity contribution in [2.75, 3.05) is 0 Å². The molecule has 0 aromatic carbocycles. The summed E-state index contributed by atoms with van der Waals surface area (Å²) in [5.41, 5.74) is 1.01. The van der Waals surface area contributed by atoms with Crippen LogP contribution >= 0.6 is 0 Å². The second kappa shape index (κ2) is 6.89. The molecule has 7 heteroatoms. The second-order valence-corrected chi connectivity index (χ2v) is 6.67. The van der Waals surface area contributed by atoms with Gasteiger partial charge in [-0.3, -0.25) is 0 Å². The topological polar surface area (TPSA) is 85.1 Å². The van der Waals surface area contributed by atoms with E-state index in [0.717, 1.165) is 3.97 Å². The maximum atomic E-state index is 12.7. The highest BCUT2D eigenvalue weighted by molar-refractivity contribution is 7.94. The SMILES string of the molecule is C=CCC(O)c1cnc2c(ccn2S(=O)(=O)C(C=CC)=CC)n1. The van der Waals surface area contributed by atoms with Crippen LogP contribution in [0.1, 0.15) is 32.1 Å². The number of aliphatic hydroxyl groups excluding tert-OH is 1. The number of hydrogen-bond donors (Lipinski definition) is 1. The molecule has 0 radical (unpaired) electrons. The minimum atomic E-state index is -3.73. The number of nitrogens with zero attached hydrogens (tertiary/aromatic N) is 3. The fourth-order valence-corrected chi connectivity index (χ4v) is 3.57. The summed E-state index contributed by atoms with van der Waals surface area (Å²) in [4.78, 5) is 8.62. The second-order valence-electron chi connectivity index (χ2n) is 4.85. The van der Waals surface area contributed by atoms with E-state index in [1.54, 1.807) is 32.1 Å². The Morgan fingerprint density at radius 3 is 2.83 bits per heavy atom. The van der Waals surface area contributed by atoms with Crippen LogP contribution in [0.4, 0.5) is 0 Å². The van der Waals surface area contributed by atoms with Crippen LogP contribution in [-0.4, -0.2) is 27.5 Å². The predicted octanol–water partition coefficient (Wildman–Crippen LogP) is 2.70. The van der Waals surface area contributed by atoms with Crippen LogP contribution in [-0.2, 0) is 10.0 Å². The molecule has 0 fully saturated rings. The number of aromatic nitrogens is 3. The lowest BCUT2D eigenvalue weighted by Gasteiger charge is -2.09. The minimum absolute atomic E-state index is 0.176. The van der Waals surface area contributed by atoms with E-state index in [4.69, 9.17) is 0 Å². The maximum absolute atomic E-state index is 12.7. The average molecular weight is 333 g/mol. The molecule has 0 amide bonds. The minimum Gasteiger partial charge on any atom is -0.386 e. The quantitative estimate of drug-likeness (QED) is 0.649.